The lowest BCUT2D eigenvalue weighted by atomic mass is 10.2. The van der Waals surface area contributed by atoms with E-state index in [2.05, 4.69) is 0 Å². The number of nitrogens with two attached hydrogens (primary N) is 1. The maximum atomic E-state index is 10.9. The zero-order valence-corrected chi connectivity index (χ0v) is 9.66. The molecule has 0 heterocycles. The second kappa shape index (κ2) is 3.97. The fourth-order valence-electron chi connectivity index (χ4n) is 1.06. The van der Waals surface area contributed by atoms with E-state index in [9.17, 15) is 16.8 Å². The summed E-state index contributed by atoms with van der Waals surface area (Å²) in [6.07, 6.45) is 0. The van der Waals surface area contributed by atoms with Gasteiger partial charge in [-0.3, -0.25) is 9.11 Å². The number of hydrogen-bond donors (Lipinski definition) is 3. The molecule has 0 spiro atoms. The molecule has 0 bridgehead atoms. The zero-order valence-electron chi connectivity index (χ0n) is 8.02. The van der Waals surface area contributed by atoms with Gasteiger partial charge in [0.15, 0.2) is 0 Å². The summed E-state index contributed by atoms with van der Waals surface area (Å²) in [7, 11) is -9.52. The highest BCUT2D eigenvalue weighted by Gasteiger charge is 2.22. The average molecular weight is 278 g/mol. The Labute approximate surface area is 96.8 Å². The summed E-state index contributed by atoms with van der Waals surface area (Å²) in [6.45, 7) is 0. The summed E-state index contributed by atoms with van der Waals surface area (Å²) in [4.78, 5) is -1.81. The van der Waals surface area contributed by atoms with Gasteiger partial charge in [-0.25, -0.2) is 0 Å². The van der Waals surface area contributed by atoms with Crippen molar-refractivity contribution in [2.24, 2.45) is 0 Å². The standard InChI is InChI=1S/C7H6N2O6S2/c8-3-4-1-5(16(10,11)12)2-6(7(4)9)17(13,14)15/h1-2H,9H2,(H,10,11,12)(H,13,14,15). The zero-order chi connectivity index (χ0) is 13.4. The Morgan fingerprint density at radius 3 is 2.00 bits per heavy atom. The van der Waals surface area contributed by atoms with Crippen molar-refractivity contribution in [1.82, 2.24) is 0 Å². The molecule has 0 fully saturated rings. The molecule has 0 saturated heterocycles. The monoisotopic (exact) mass is 278 g/mol. The second-order valence-electron chi connectivity index (χ2n) is 2.94. The molecule has 1 aromatic carbocycles. The van der Waals surface area contributed by atoms with E-state index in [-0.39, 0.29) is 0 Å². The smallest absolute Gasteiger partial charge is 0.296 e. The molecule has 8 nitrogen and oxygen atoms in total. The number of anilines is 1. The van der Waals surface area contributed by atoms with Gasteiger partial charge in [-0.2, -0.15) is 22.1 Å². The van der Waals surface area contributed by atoms with Crippen LogP contribution in [0.15, 0.2) is 21.9 Å². The molecule has 0 aliphatic heterocycles. The minimum absolute atomic E-state index is 0.459. The van der Waals surface area contributed by atoms with E-state index >= 15 is 0 Å². The highest BCUT2D eigenvalue weighted by molar-refractivity contribution is 7.86. The summed E-state index contributed by atoms with van der Waals surface area (Å²) in [5, 5.41) is 8.62. The van der Waals surface area contributed by atoms with Gasteiger partial charge in [0.2, 0.25) is 0 Å². The van der Waals surface area contributed by atoms with Gasteiger partial charge in [0.1, 0.15) is 11.0 Å². The second-order valence-corrected chi connectivity index (χ2v) is 5.76. The maximum absolute atomic E-state index is 10.9. The number of nitriles is 1. The molecule has 0 radical (unpaired) electrons. The first-order valence-corrected chi connectivity index (χ1v) is 6.74. The first kappa shape index (κ1) is 13.4. The largest absolute Gasteiger partial charge is 0.397 e. The fraction of sp³-hybridized carbons (Fsp3) is 0. The van der Waals surface area contributed by atoms with Gasteiger partial charge in [0.05, 0.1) is 16.1 Å². The van der Waals surface area contributed by atoms with Gasteiger partial charge in [0.25, 0.3) is 20.2 Å². The van der Waals surface area contributed by atoms with Crippen molar-refractivity contribution in [3.05, 3.63) is 17.7 Å². The van der Waals surface area contributed by atoms with Crippen LogP contribution in [0.25, 0.3) is 0 Å². The van der Waals surface area contributed by atoms with Crippen LogP contribution >= 0.6 is 0 Å². The van der Waals surface area contributed by atoms with Crippen LogP contribution in [0, 0.1) is 11.3 Å². The SMILES string of the molecule is N#Cc1cc(S(=O)(=O)O)cc(S(=O)(=O)O)c1N. The summed E-state index contributed by atoms with van der Waals surface area (Å²) in [5.41, 5.74) is 4.17. The molecule has 0 aromatic heterocycles. The quantitative estimate of drug-likeness (QED) is 0.488. The molecule has 0 saturated carbocycles. The third kappa shape index (κ3) is 2.71. The lowest BCUT2D eigenvalue weighted by molar-refractivity contribution is 0.481. The Balaban J connectivity index is 3.83. The highest BCUT2D eigenvalue weighted by atomic mass is 32.2. The van der Waals surface area contributed by atoms with Crippen molar-refractivity contribution >= 4 is 25.9 Å². The Kier molecular flexibility index (Phi) is 3.13. The highest BCUT2D eigenvalue weighted by Crippen LogP contribution is 2.26. The van der Waals surface area contributed by atoms with E-state index in [1.54, 1.807) is 0 Å². The van der Waals surface area contributed by atoms with Crippen LogP contribution in [-0.2, 0) is 20.2 Å². The number of hydrogen-bond acceptors (Lipinski definition) is 6. The summed E-state index contributed by atoms with van der Waals surface area (Å²) in [6, 6.07) is 2.60. The topological polar surface area (TPSA) is 159 Å². The normalized spacial score (nSPS) is 12.1. The van der Waals surface area contributed by atoms with Crippen molar-refractivity contribution in [1.29, 1.82) is 5.26 Å². The van der Waals surface area contributed by atoms with Crippen LogP contribution in [0.4, 0.5) is 5.69 Å². The summed E-state index contributed by atoms with van der Waals surface area (Å²) in [5.74, 6) is 0. The molecular weight excluding hydrogens is 272 g/mol. The van der Waals surface area contributed by atoms with Crippen LogP contribution in [-0.4, -0.2) is 25.9 Å². The predicted octanol–water partition coefficient (Wildman–Crippen LogP) is -0.366. The van der Waals surface area contributed by atoms with Gasteiger partial charge < -0.3 is 5.73 Å². The summed E-state index contributed by atoms with van der Waals surface area (Å²) < 4.78 is 60.9. The van der Waals surface area contributed by atoms with Crippen molar-refractivity contribution in [2.45, 2.75) is 9.79 Å². The van der Waals surface area contributed by atoms with E-state index in [0.29, 0.717) is 12.1 Å². The molecular formula is C7H6N2O6S2. The third-order valence-corrected chi connectivity index (χ3v) is 3.54. The minimum Gasteiger partial charge on any atom is -0.397 e. The Hall–Kier alpha value is -1.67. The van der Waals surface area contributed by atoms with Crippen LogP contribution in [0.3, 0.4) is 0 Å². The maximum Gasteiger partial charge on any atom is 0.296 e. The number of nitrogen functional groups attached to an aromatic ring is 1. The van der Waals surface area contributed by atoms with Crippen molar-refractivity contribution in [2.75, 3.05) is 5.73 Å². The van der Waals surface area contributed by atoms with E-state index < -0.39 is 41.3 Å². The molecule has 1 rings (SSSR count). The molecule has 0 unspecified atom stereocenters. The van der Waals surface area contributed by atoms with E-state index in [0.717, 1.165) is 0 Å². The average Bonchev–Trinajstić information content (AvgIpc) is 2.14. The third-order valence-electron chi connectivity index (χ3n) is 1.81. The van der Waals surface area contributed by atoms with Crippen molar-refractivity contribution < 1.29 is 25.9 Å². The molecule has 0 aliphatic rings. The summed E-state index contributed by atoms with van der Waals surface area (Å²) >= 11 is 0. The molecule has 0 amide bonds. The molecule has 4 N–H and O–H groups in total. The van der Waals surface area contributed by atoms with Gasteiger partial charge in [-0.15, -0.1) is 0 Å². The number of nitrogens with zero attached hydrogens (tertiary/aromatic N) is 1. The minimum atomic E-state index is -4.80. The Morgan fingerprint density at radius 2 is 1.65 bits per heavy atom. The number of rotatable bonds is 2. The van der Waals surface area contributed by atoms with E-state index in [1.807, 2.05) is 0 Å². The Bertz CT molecular complexity index is 713. The van der Waals surface area contributed by atoms with E-state index in [1.165, 1.54) is 6.07 Å². The molecule has 0 aliphatic carbocycles. The first-order chi connectivity index (χ1) is 7.57. The molecule has 0 atom stereocenters. The molecule has 10 heteroatoms. The lowest BCUT2D eigenvalue weighted by Crippen LogP contribution is -2.08. The number of benzene rings is 1. The first-order valence-electron chi connectivity index (χ1n) is 3.86. The molecule has 92 valence electrons. The van der Waals surface area contributed by atoms with Crippen molar-refractivity contribution in [3.63, 3.8) is 0 Å². The van der Waals surface area contributed by atoms with E-state index in [4.69, 9.17) is 20.1 Å². The fourth-order valence-corrected chi connectivity index (χ4v) is 2.33. The van der Waals surface area contributed by atoms with Gasteiger partial charge >= 0.3 is 0 Å². The Morgan fingerprint density at radius 1 is 1.12 bits per heavy atom. The van der Waals surface area contributed by atoms with Crippen LogP contribution in [0.2, 0.25) is 0 Å². The van der Waals surface area contributed by atoms with Crippen LogP contribution < -0.4 is 5.73 Å². The van der Waals surface area contributed by atoms with Gasteiger partial charge in [-0.1, -0.05) is 0 Å². The molecule has 17 heavy (non-hydrogen) atoms. The van der Waals surface area contributed by atoms with Gasteiger partial charge in [-0.05, 0) is 12.1 Å². The molecule has 1 aromatic rings. The predicted molar refractivity (Wildman–Crippen MR) is 55.2 cm³/mol. The van der Waals surface area contributed by atoms with Crippen LogP contribution in [0.1, 0.15) is 5.56 Å². The van der Waals surface area contributed by atoms with Crippen LogP contribution in [0.5, 0.6) is 0 Å². The van der Waals surface area contributed by atoms with Crippen molar-refractivity contribution in [3.8, 4) is 6.07 Å². The lowest BCUT2D eigenvalue weighted by Gasteiger charge is -2.06. The van der Waals surface area contributed by atoms with Gasteiger partial charge in [0, 0.05) is 0 Å².